The second kappa shape index (κ2) is 8.39. The predicted molar refractivity (Wildman–Crippen MR) is 102 cm³/mol. The van der Waals surface area contributed by atoms with E-state index in [2.05, 4.69) is 10.5 Å². The number of carbonyl (C=O) groups is 2. The van der Waals surface area contributed by atoms with E-state index >= 15 is 0 Å². The zero-order valence-corrected chi connectivity index (χ0v) is 15.8. The number of rotatable bonds is 6. The Labute approximate surface area is 162 Å². The SMILES string of the molecule is CC(=O)Nc1ccc(OC(=O)c2ccc(OCc3c(C)noc3C)cc2)cc1. The molecule has 7 nitrogen and oxygen atoms in total. The summed E-state index contributed by atoms with van der Waals surface area (Å²) in [4.78, 5) is 23.3. The number of aromatic nitrogens is 1. The van der Waals surface area contributed by atoms with Crippen LogP contribution in [0.15, 0.2) is 53.1 Å². The summed E-state index contributed by atoms with van der Waals surface area (Å²) < 4.78 is 16.2. The zero-order valence-electron chi connectivity index (χ0n) is 15.8. The third-order valence-corrected chi connectivity index (χ3v) is 4.04. The molecule has 0 saturated heterocycles. The highest BCUT2D eigenvalue weighted by molar-refractivity contribution is 5.91. The molecule has 28 heavy (non-hydrogen) atoms. The number of carbonyl (C=O) groups excluding carboxylic acids is 2. The Morgan fingerprint density at radius 3 is 2.21 bits per heavy atom. The van der Waals surface area contributed by atoms with E-state index in [0.717, 1.165) is 17.0 Å². The maximum atomic E-state index is 12.3. The highest BCUT2D eigenvalue weighted by Gasteiger charge is 2.11. The number of nitrogens with one attached hydrogen (secondary N) is 1. The molecule has 0 aliphatic carbocycles. The van der Waals surface area contributed by atoms with Crippen molar-refractivity contribution in [2.24, 2.45) is 0 Å². The van der Waals surface area contributed by atoms with Crippen molar-refractivity contribution in [2.75, 3.05) is 5.32 Å². The number of hydrogen-bond donors (Lipinski definition) is 1. The number of amides is 1. The van der Waals surface area contributed by atoms with E-state index in [9.17, 15) is 9.59 Å². The molecule has 1 N–H and O–H groups in total. The molecule has 1 amide bonds. The topological polar surface area (TPSA) is 90.7 Å². The minimum absolute atomic E-state index is 0.165. The van der Waals surface area contributed by atoms with Gasteiger partial charge in [0.25, 0.3) is 0 Å². The molecule has 0 unspecified atom stereocenters. The van der Waals surface area contributed by atoms with Crippen molar-refractivity contribution in [1.29, 1.82) is 0 Å². The average molecular weight is 380 g/mol. The lowest BCUT2D eigenvalue weighted by atomic mass is 10.2. The Morgan fingerprint density at radius 2 is 1.64 bits per heavy atom. The van der Waals surface area contributed by atoms with Crippen LogP contribution in [0.3, 0.4) is 0 Å². The molecule has 0 aliphatic rings. The van der Waals surface area contributed by atoms with Crippen LogP contribution in [0.2, 0.25) is 0 Å². The first-order chi connectivity index (χ1) is 13.4. The zero-order chi connectivity index (χ0) is 20.1. The summed E-state index contributed by atoms with van der Waals surface area (Å²) in [6.07, 6.45) is 0. The monoisotopic (exact) mass is 380 g/mol. The minimum Gasteiger partial charge on any atom is -0.489 e. The largest absolute Gasteiger partial charge is 0.489 e. The molecule has 1 aromatic heterocycles. The van der Waals surface area contributed by atoms with Gasteiger partial charge >= 0.3 is 5.97 Å². The Bertz CT molecular complexity index is 956. The number of aryl methyl sites for hydroxylation is 2. The minimum atomic E-state index is -0.482. The van der Waals surface area contributed by atoms with Gasteiger partial charge < -0.3 is 19.3 Å². The van der Waals surface area contributed by atoms with Gasteiger partial charge in [0, 0.05) is 12.6 Å². The number of ether oxygens (including phenoxy) is 2. The molecule has 144 valence electrons. The van der Waals surface area contributed by atoms with E-state index in [1.165, 1.54) is 6.92 Å². The molecular formula is C21H20N2O5. The summed E-state index contributed by atoms with van der Waals surface area (Å²) in [6, 6.07) is 13.2. The van der Waals surface area contributed by atoms with E-state index in [1.807, 2.05) is 13.8 Å². The first kappa shape index (κ1) is 19.2. The van der Waals surface area contributed by atoms with E-state index in [4.69, 9.17) is 14.0 Å². The first-order valence-corrected chi connectivity index (χ1v) is 8.67. The maximum absolute atomic E-state index is 12.3. The van der Waals surface area contributed by atoms with Gasteiger partial charge in [0.1, 0.15) is 23.9 Å². The fourth-order valence-electron chi connectivity index (χ4n) is 2.53. The molecule has 2 aromatic carbocycles. The van der Waals surface area contributed by atoms with Gasteiger partial charge in [-0.25, -0.2) is 4.79 Å². The molecule has 0 atom stereocenters. The van der Waals surface area contributed by atoms with Crippen molar-refractivity contribution < 1.29 is 23.6 Å². The van der Waals surface area contributed by atoms with E-state index in [0.29, 0.717) is 29.4 Å². The number of anilines is 1. The maximum Gasteiger partial charge on any atom is 0.343 e. The number of nitrogens with zero attached hydrogens (tertiary/aromatic N) is 1. The van der Waals surface area contributed by atoms with Crippen molar-refractivity contribution in [3.63, 3.8) is 0 Å². The average Bonchev–Trinajstić information content (AvgIpc) is 2.99. The normalized spacial score (nSPS) is 10.4. The van der Waals surface area contributed by atoms with Gasteiger partial charge in [-0.05, 0) is 62.4 Å². The van der Waals surface area contributed by atoms with Crippen molar-refractivity contribution in [2.45, 2.75) is 27.4 Å². The lowest BCUT2D eigenvalue weighted by Crippen LogP contribution is -2.09. The molecular weight excluding hydrogens is 360 g/mol. The predicted octanol–water partition coefficient (Wildman–Crippen LogP) is 4.05. The van der Waals surface area contributed by atoms with Gasteiger partial charge in [-0.1, -0.05) is 5.16 Å². The van der Waals surface area contributed by atoms with E-state index in [-0.39, 0.29) is 5.91 Å². The van der Waals surface area contributed by atoms with Crippen LogP contribution in [0.5, 0.6) is 11.5 Å². The van der Waals surface area contributed by atoms with Crippen molar-refractivity contribution in [1.82, 2.24) is 5.16 Å². The summed E-state index contributed by atoms with van der Waals surface area (Å²) in [5, 5.41) is 6.54. The van der Waals surface area contributed by atoms with Gasteiger partial charge in [0.2, 0.25) is 5.91 Å². The lowest BCUT2D eigenvalue weighted by molar-refractivity contribution is -0.114. The van der Waals surface area contributed by atoms with Crippen LogP contribution in [0.1, 0.15) is 34.3 Å². The molecule has 0 saturated carbocycles. The van der Waals surface area contributed by atoms with Crippen LogP contribution in [-0.2, 0) is 11.4 Å². The summed E-state index contributed by atoms with van der Waals surface area (Å²) >= 11 is 0. The Morgan fingerprint density at radius 1 is 1.00 bits per heavy atom. The Hall–Kier alpha value is -3.61. The van der Waals surface area contributed by atoms with Crippen LogP contribution in [0.4, 0.5) is 5.69 Å². The molecule has 7 heteroatoms. The van der Waals surface area contributed by atoms with Crippen molar-refractivity contribution in [3.8, 4) is 11.5 Å². The second-order valence-corrected chi connectivity index (χ2v) is 6.21. The third kappa shape index (κ3) is 4.76. The van der Waals surface area contributed by atoms with Gasteiger partial charge in [-0.2, -0.15) is 0 Å². The molecule has 3 rings (SSSR count). The fraction of sp³-hybridized carbons (Fsp3) is 0.190. The number of hydrogen-bond acceptors (Lipinski definition) is 6. The summed E-state index contributed by atoms with van der Waals surface area (Å²) in [5.41, 5.74) is 2.73. The van der Waals surface area contributed by atoms with Crippen molar-refractivity contribution in [3.05, 3.63) is 71.1 Å². The van der Waals surface area contributed by atoms with Gasteiger partial charge in [-0.3, -0.25) is 4.79 Å². The highest BCUT2D eigenvalue weighted by atomic mass is 16.5. The Kier molecular flexibility index (Phi) is 5.74. The molecule has 0 fully saturated rings. The fourth-order valence-corrected chi connectivity index (χ4v) is 2.53. The first-order valence-electron chi connectivity index (χ1n) is 8.67. The van der Waals surface area contributed by atoms with Crippen LogP contribution in [0.25, 0.3) is 0 Å². The van der Waals surface area contributed by atoms with E-state index in [1.54, 1.807) is 48.5 Å². The van der Waals surface area contributed by atoms with Gasteiger partial charge in [0.05, 0.1) is 16.8 Å². The molecule has 3 aromatic rings. The Balaban J connectivity index is 1.58. The quantitative estimate of drug-likeness (QED) is 0.512. The number of benzene rings is 2. The highest BCUT2D eigenvalue weighted by Crippen LogP contribution is 2.20. The van der Waals surface area contributed by atoms with Crippen LogP contribution < -0.4 is 14.8 Å². The lowest BCUT2D eigenvalue weighted by Gasteiger charge is -2.08. The molecule has 1 heterocycles. The van der Waals surface area contributed by atoms with Gasteiger partial charge in [-0.15, -0.1) is 0 Å². The van der Waals surface area contributed by atoms with Gasteiger partial charge in [0.15, 0.2) is 0 Å². The third-order valence-electron chi connectivity index (χ3n) is 4.04. The van der Waals surface area contributed by atoms with Crippen LogP contribution in [-0.4, -0.2) is 17.0 Å². The second-order valence-electron chi connectivity index (χ2n) is 6.21. The number of esters is 1. The summed E-state index contributed by atoms with van der Waals surface area (Å²) in [7, 11) is 0. The standard InChI is InChI=1S/C21H20N2O5/c1-13-20(14(2)28-23-13)12-26-18-8-4-16(5-9-18)21(25)27-19-10-6-17(7-11-19)22-15(3)24/h4-11H,12H2,1-3H3,(H,22,24). The smallest absolute Gasteiger partial charge is 0.343 e. The molecule has 0 aliphatic heterocycles. The van der Waals surface area contributed by atoms with E-state index < -0.39 is 5.97 Å². The van der Waals surface area contributed by atoms with Crippen LogP contribution >= 0.6 is 0 Å². The van der Waals surface area contributed by atoms with Crippen molar-refractivity contribution >= 4 is 17.6 Å². The molecule has 0 radical (unpaired) electrons. The molecule has 0 spiro atoms. The summed E-state index contributed by atoms with van der Waals surface area (Å²) in [6.45, 7) is 5.46. The summed E-state index contributed by atoms with van der Waals surface area (Å²) in [5.74, 6) is 1.09. The molecule has 0 bridgehead atoms. The van der Waals surface area contributed by atoms with Crippen LogP contribution in [0, 0.1) is 13.8 Å².